The maximum absolute atomic E-state index is 12.9. The molecule has 0 spiro atoms. The second-order valence-electron chi connectivity index (χ2n) is 4.27. The number of aromatic nitrogens is 2. The van der Waals surface area contributed by atoms with Crippen molar-refractivity contribution in [3.8, 4) is 28.7 Å². The van der Waals surface area contributed by atoms with E-state index < -0.39 is 0 Å². The Kier molecular flexibility index (Phi) is 3.70. The molecule has 0 saturated carbocycles. The number of nitrogens with zero attached hydrogens (tertiary/aromatic N) is 2. The molecule has 3 aromatic rings. The molecule has 106 valence electrons. The Morgan fingerprint density at radius 1 is 1.05 bits per heavy atom. The van der Waals surface area contributed by atoms with Crippen LogP contribution in [-0.4, -0.2) is 17.3 Å². The third-order valence-corrected chi connectivity index (χ3v) is 3.61. The molecule has 0 bridgehead atoms. The number of rotatable bonds is 3. The summed E-state index contributed by atoms with van der Waals surface area (Å²) in [6.45, 7) is 0. The van der Waals surface area contributed by atoms with Gasteiger partial charge in [-0.1, -0.05) is 0 Å². The molecule has 0 aliphatic heterocycles. The van der Waals surface area contributed by atoms with Crippen LogP contribution in [0.25, 0.3) is 22.9 Å². The van der Waals surface area contributed by atoms with Crippen molar-refractivity contribution in [1.82, 2.24) is 10.2 Å². The Hall–Kier alpha value is -2.21. The molecule has 21 heavy (non-hydrogen) atoms. The first-order chi connectivity index (χ1) is 10.2. The number of hydrogen-bond donors (Lipinski definition) is 0. The number of methoxy groups -OCH3 is 1. The van der Waals surface area contributed by atoms with Gasteiger partial charge in [-0.05, 0) is 58.4 Å². The highest BCUT2D eigenvalue weighted by Gasteiger charge is 2.14. The van der Waals surface area contributed by atoms with Crippen LogP contribution in [0, 0.1) is 5.82 Å². The fourth-order valence-electron chi connectivity index (χ4n) is 1.84. The largest absolute Gasteiger partial charge is 0.497 e. The monoisotopic (exact) mass is 348 g/mol. The van der Waals surface area contributed by atoms with Crippen molar-refractivity contribution in [1.29, 1.82) is 0 Å². The van der Waals surface area contributed by atoms with Crippen LogP contribution in [0.15, 0.2) is 51.4 Å². The van der Waals surface area contributed by atoms with Crippen molar-refractivity contribution in [2.75, 3.05) is 7.11 Å². The molecule has 2 aromatic carbocycles. The fraction of sp³-hybridized carbons (Fsp3) is 0.0667. The van der Waals surface area contributed by atoms with E-state index in [4.69, 9.17) is 9.15 Å². The minimum atomic E-state index is -0.311. The van der Waals surface area contributed by atoms with E-state index in [0.717, 1.165) is 10.0 Å². The molecule has 0 unspecified atom stereocenters. The summed E-state index contributed by atoms with van der Waals surface area (Å²) in [6.07, 6.45) is 0. The van der Waals surface area contributed by atoms with Crippen LogP contribution in [-0.2, 0) is 0 Å². The van der Waals surface area contributed by atoms with Crippen molar-refractivity contribution in [2.45, 2.75) is 0 Å². The average Bonchev–Trinajstić information content (AvgIpc) is 2.98. The van der Waals surface area contributed by atoms with Crippen LogP contribution < -0.4 is 4.74 Å². The topological polar surface area (TPSA) is 48.2 Å². The summed E-state index contributed by atoms with van der Waals surface area (Å²) < 4.78 is 24.6. The maximum atomic E-state index is 12.9. The zero-order chi connectivity index (χ0) is 14.8. The summed E-state index contributed by atoms with van der Waals surface area (Å²) in [5.41, 5.74) is 1.39. The summed E-state index contributed by atoms with van der Waals surface area (Å²) in [5, 5.41) is 8.01. The predicted octanol–water partition coefficient (Wildman–Crippen LogP) is 4.31. The first-order valence-corrected chi connectivity index (χ1v) is 6.90. The molecule has 0 fully saturated rings. The van der Waals surface area contributed by atoms with Gasteiger partial charge in [0.1, 0.15) is 11.6 Å². The van der Waals surface area contributed by atoms with Gasteiger partial charge in [-0.15, -0.1) is 10.2 Å². The highest BCUT2D eigenvalue weighted by molar-refractivity contribution is 9.10. The normalized spacial score (nSPS) is 10.6. The molecule has 0 aliphatic carbocycles. The zero-order valence-corrected chi connectivity index (χ0v) is 12.6. The van der Waals surface area contributed by atoms with Crippen LogP contribution in [0.2, 0.25) is 0 Å². The summed E-state index contributed by atoms with van der Waals surface area (Å²) in [4.78, 5) is 0. The van der Waals surface area contributed by atoms with E-state index in [-0.39, 0.29) is 5.82 Å². The quantitative estimate of drug-likeness (QED) is 0.707. The molecule has 0 atom stereocenters. The van der Waals surface area contributed by atoms with Crippen molar-refractivity contribution >= 4 is 15.9 Å². The molecule has 4 nitrogen and oxygen atoms in total. The second-order valence-corrected chi connectivity index (χ2v) is 5.12. The summed E-state index contributed by atoms with van der Waals surface area (Å²) in [7, 11) is 1.59. The Bertz CT molecular complexity index is 772. The van der Waals surface area contributed by atoms with Gasteiger partial charge in [0.2, 0.25) is 11.8 Å². The summed E-state index contributed by atoms with van der Waals surface area (Å²) >= 11 is 3.44. The predicted molar refractivity (Wildman–Crippen MR) is 79.4 cm³/mol. The lowest BCUT2D eigenvalue weighted by Crippen LogP contribution is -1.85. The molecule has 0 aliphatic rings. The lowest BCUT2D eigenvalue weighted by molar-refractivity contribution is 0.414. The van der Waals surface area contributed by atoms with Gasteiger partial charge in [0.05, 0.1) is 12.7 Å². The molecule has 0 N–H and O–H groups in total. The van der Waals surface area contributed by atoms with Crippen LogP contribution in [0.3, 0.4) is 0 Å². The third kappa shape index (κ3) is 2.80. The Balaban J connectivity index is 2.00. The van der Waals surface area contributed by atoms with E-state index in [1.807, 2.05) is 12.1 Å². The Morgan fingerprint density at radius 3 is 2.48 bits per heavy atom. The molecule has 0 saturated heterocycles. The highest BCUT2D eigenvalue weighted by Crippen LogP contribution is 2.32. The van der Waals surface area contributed by atoms with Gasteiger partial charge in [-0.25, -0.2) is 4.39 Å². The van der Waals surface area contributed by atoms with E-state index in [9.17, 15) is 4.39 Å². The van der Waals surface area contributed by atoms with Crippen LogP contribution in [0.4, 0.5) is 4.39 Å². The van der Waals surface area contributed by atoms with Gasteiger partial charge in [0.25, 0.3) is 0 Å². The van der Waals surface area contributed by atoms with Crippen molar-refractivity contribution < 1.29 is 13.5 Å². The molecule has 0 radical (unpaired) electrons. The van der Waals surface area contributed by atoms with Gasteiger partial charge < -0.3 is 9.15 Å². The molecule has 6 heteroatoms. The molecule has 3 rings (SSSR count). The molecular weight excluding hydrogens is 339 g/mol. The molecular formula is C15H10BrFN2O2. The van der Waals surface area contributed by atoms with Crippen molar-refractivity contribution in [3.63, 3.8) is 0 Å². The highest BCUT2D eigenvalue weighted by atomic mass is 79.9. The van der Waals surface area contributed by atoms with Crippen LogP contribution in [0.1, 0.15) is 0 Å². The lowest BCUT2D eigenvalue weighted by Gasteiger charge is -2.03. The minimum Gasteiger partial charge on any atom is -0.497 e. The first-order valence-electron chi connectivity index (χ1n) is 6.11. The summed E-state index contributed by atoms with van der Waals surface area (Å²) in [5.74, 6) is 1.07. The molecule has 0 amide bonds. The Labute approximate surface area is 128 Å². The fourth-order valence-corrected chi connectivity index (χ4v) is 2.25. The van der Waals surface area contributed by atoms with Crippen molar-refractivity contribution in [3.05, 3.63) is 52.8 Å². The minimum absolute atomic E-state index is 0.311. The van der Waals surface area contributed by atoms with E-state index in [1.165, 1.54) is 12.1 Å². The molecule has 1 heterocycles. The van der Waals surface area contributed by atoms with Crippen molar-refractivity contribution in [2.24, 2.45) is 0 Å². The van der Waals surface area contributed by atoms with Gasteiger partial charge in [-0.2, -0.15) is 0 Å². The van der Waals surface area contributed by atoms with Gasteiger partial charge in [-0.3, -0.25) is 0 Å². The maximum Gasteiger partial charge on any atom is 0.249 e. The van der Waals surface area contributed by atoms with Gasteiger partial charge in [0, 0.05) is 10.0 Å². The van der Waals surface area contributed by atoms with E-state index in [0.29, 0.717) is 23.1 Å². The van der Waals surface area contributed by atoms with Gasteiger partial charge in [0.15, 0.2) is 0 Å². The number of benzene rings is 2. The van der Waals surface area contributed by atoms with E-state index >= 15 is 0 Å². The van der Waals surface area contributed by atoms with Crippen LogP contribution in [0.5, 0.6) is 5.75 Å². The van der Waals surface area contributed by atoms with E-state index in [2.05, 4.69) is 26.1 Å². The zero-order valence-electron chi connectivity index (χ0n) is 11.0. The SMILES string of the molecule is COc1ccc(Br)c(-c2nnc(-c3ccc(F)cc3)o2)c1. The summed E-state index contributed by atoms with van der Waals surface area (Å²) in [6, 6.07) is 11.3. The lowest BCUT2D eigenvalue weighted by atomic mass is 10.2. The molecule has 1 aromatic heterocycles. The Morgan fingerprint density at radius 2 is 1.76 bits per heavy atom. The standard InChI is InChI=1S/C15H10BrFN2O2/c1-20-11-6-7-13(16)12(8-11)15-19-18-14(21-15)9-2-4-10(17)5-3-9/h2-8H,1H3. The number of hydrogen-bond acceptors (Lipinski definition) is 4. The first kappa shape index (κ1) is 13.8. The average molecular weight is 349 g/mol. The number of ether oxygens (including phenoxy) is 1. The number of halogens is 2. The second kappa shape index (κ2) is 5.65. The van der Waals surface area contributed by atoms with Crippen LogP contribution >= 0.6 is 15.9 Å². The van der Waals surface area contributed by atoms with E-state index in [1.54, 1.807) is 25.3 Å². The van der Waals surface area contributed by atoms with Gasteiger partial charge >= 0.3 is 0 Å². The smallest absolute Gasteiger partial charge is 0.249 e. The third-order valence-electron chi connectivity index (χ3n) is 2.92.